The lowest BCUT2D eigenvalue weighted by atomic mass is 9.93. The van der Waals surface area contributed by atoms with Crippen molar-refractivity contribution in [1.82, 2.24) is 9.88 Å². The van der Waals surface area contributed by atoms with E-state index in [0.29, 0.717) is 25.8 Å². The number of nitrogens with zero attached hydrogens (tertiary/aromatic N) is 2. The summed E-state index contributed by atoms with van der Waals surface area (Å²) in [6.07, 6.45) is 0.707. The van der Waals surface area contributed by atoms with Crippen LogP contribution in [0.3, 0.4) is 0 Å². The van der Waals surface area contributed by atoms with Crippen LogP contribution in [0, 0.1) is 0 Å². The number of hydrogen-bond donors (Lipinski definition) is 2. The predicted octanol–water partition coefficient (Wildman–Crippen LogP) is 4.97. The number of likely N-dealkylation sites (tertiary alicyclic amines) is 1. The molecule has 2 heterocycles. The molecule has 3 aromatic rings. The largest absolute Gasteiger partial charge is 0.479 e. The first-order valence-corrected chi connectivity index (χ1v) is 12.5. The first-order chi connectivity index (χ1) is 16.9. The summed E-state index contributed by atoms with van der Waals surface area (Å²) in [5, 5.41) is 14.1. The van der Waals surface area contributed by atoms with Crippen molar-refractivity contribution < 1.29 is 24.2 Å². The highest BCUT2D eigenvalue weighted by molar-refractivity contribution is 7.14. The van der Waals surface area contributed by atoms with Crippen molar-refractivity contribution in [1.29, 1.82) is 0 Å². The number of hydrogen-bond acceptors (Lipinski definition) is 6. The van der Waals surface area contributed by atoms with Crippen LogP contribution in [0.2, 0.25) is 0 Å². The molecule has 0 saturated carbocycles. The van der Waals surface area contributed by atoms with E-state index in [1.807, 2.05) is 36.4 Å². The molecular weight excluding hydrogens is 466 g/mol. The number of anilines is 1. The van der Waals surface area contributed by atoms with Crippen LogP contribution in [0.5, 0.6) is 0 Å². The number of carbonyl (C=O) groups is 3. The Morgan fingerprint density at radius 3 is 2.43 bits per heavy atom. The zero-order valence-corrected chi connectivity index (χ0v) is 20.0. The van der Waals surface area contributed by atoms with E-state index in [1.54, 1.807) is 6.92 Å². The zero-order chi connectivity index (χ0) is 24.6. The minimum Gasteiger partial charge on any atom is -0.479 e. The topological polar surface area (TPSA) is 109 Å². The minimum absolute atomic E-state index is 0.0602. The fourth-order valence-corrected chi connectivity index (χ4v) is 5.88. The average Bonchev–Trinajstić information content (AvgIpc) is 3.59. The van der Waals surface area contributed by atoms with Gasteiger partial charge in [-0.3, -0.25) is 10.1 Å². The van der Waals surface area contributed by atoms with Gasteiger partial charge in [0, 0.05) is 17.8 Å². The van der Waals surface area contributed by atoms with Gasteiger partial charge in [-0.1, -0.05) is 55.5 Å². The third-order valence-corrected chi connectivity index (χ3v) is 7.75. The van der Waals surface area contributed by atoms with E-state index in [-0.39, 0.29) is 23.4 Å². The highest BCUT2D eigenvalue weighted by Crippen LogP contribution is 2.44. The normalized spacial score (nSPS) is 18.7. The number of aliphatic carboxylic acids is 1. The summed E-state index contributed by atoms with van der Waals surface area (Å²) in [7, 11) is 0. The molecule has 9 heteroatoms. The second-order valence-electron chi connectivity index (χ2n) is 8.74. The molecule has 0 bridgehead atoms. The third kappa shape index (κ3) is 3.95. The van der Waals surface area contributed by atoms with E-state index in [0.717, 1.165) is 33.6 Å². The number of carbonyl (C=O) groups excluding carboxylic acids is 2. The zero-order valence-electron chi connectivity index (χ0n) is 19.2. The van der Waals surface area contributed by atoms with Crippen molar-refractivity contribution in [2.45, 2.75) is 37.6 Å². The maximum atomic E-state index is 13.0. The number of aromatic nitrogens is 1. The summed E-state index contributed by atoms with van der Waals surface area (Å²) < 4.78 is 5.54. The first-order valence-electron chi connectivity index (χ1n) is 11.6. The van der Waals surface area contributed by atoms with E-state index in [9.17, 15) is 19.5 Å². The van der Waals surface area contributed by atoms with E-state index >= 15 is 0 Å². The van der Waals surface area contributed by atoms with E-state index in [4.69, 9.17) is 4.74 Å². The van der Waals surface area contributed by atoms with Gasteiger partial charge in [0.25, 0.3) is 5.91 Å². The van der Waals surface area contributed by atoms with Gasteiger partial charge >= 0.3 is 12.1 Å². The number of nitrogens with one attached hydrogen (secondary N) is 1. The molecule has 1 unspecified atom stereocenters. The molecule has 2 aliphatic rings. The molecule has 0 radical (unpaired) electrons. The van der Waals surface area contributed by atoms with Crippen molar-refractivity contribution >= 4 is 34.4 Å². The lowest BCUT2D eigenvalue weighted by Crippen LogP contribution is -2.52. The number of carboxylic acid groups (broad SMARTS) is 1. The Kier molecular flexibility index (Phi) is 6.02. The molecule has 1 saturated heterocycles. The lowest BCUT2D eigenvalue weighted by Gasteiger charge is -2.33. The molecule has 1 aliphatic heterocycles. The van der Waals surface area contributed by atoms with Crippen LogP contribution in [-0.4, -0.2) is 51.7 Å². The van der Waals surface area contributed by atoms with Crippen molar-refractivity contribution in [3.63, 3.8) is 0 Å². The fourth-order valence-electron chi connectivity index (χ4n) is 5.21. The molecule has 2 amide bonds. The van der Waals surface area contributed by atoms with Gasteiger partial charge in [-0.25, -0.2) is 14.6 Å². The van der Waals surface area contributed by atoms with Crippen LogP contribution < -0.4 is 5.32 Å². The summed E-state index contributed by atoms with van der Waals surface area (Å²) in [6, 6.07) is 16.2. The average molecular weight is 492 g/mol. The maximum absolute atomic E-state index is 13.0. The van der Waals surface area contributed by atoms with Gasteiger partial charge < -0.3 is 14.7 Å². The number of thiazole rings is 1. The fraction of sp³-hybridized carbons (Fsp3) is 0.308. The maximum Gasteiger partial charge on any atom is 0.413 e. The minimum atomic E-state index is -1.21. The van der Waals surface area contributed by atoms with Crippen LogP contribution >= 0.6 is 11.3 Å². The summed E-state index contributed by atoms with van der Waals surface area (Å²) in [6.45, 7) is 2.30. The van der Waals surface area contributed by atoms with Gasteiger partial charge in [0.1, 0.15) is 17.8 Å². The Hall–Kier alpha value is -3.72. The van der Waals surface area contributed by atoms with Gasteiger partial charge in [0.15, 0.2) is 5.13 Å². The molecule has 180 valence electrons. The van der Waals surface area contributed by atoms with Crippen LogP contribution in [0.15, 0.2) is 53.9 Å². The van der Waals surface area contributed by atoms with Crippen LogP contribution in [-0.2, 0) is 9.53 Å². The molecule has 1 aromatic heterocycles. The number of amides is 2. The van der Waals surface area contributed by atoms with E-state index in [2.05, 4.69) is 22.4 Å². The summed E-state index contributed by atoms with van der Waals surface area (Å²) in [5.41, 5.74) is 3.43. The number of fused-ring (bicyclic) bond motifs is 3. The smallest absolute Gasteiger partial charge is 0.413 e. The molecule has 1 aliphatic carbocycles. The van der Waals surface area contributed by atoms with Gasteiger partial charge in [-0.15, -0.1) is 11.3 Å². The van der Waals surface area contributed by atoms with Crippen molar-refractivity contribution in [2.24, 2.45) is 0 Å². The number of carboxylic acids is 1. The third-order valence-electron chi connectivity index (χ3n) is 6.99. The highest BCUT2D eigenvalue weighted by atomic mass is 32.1. The molecule has 2 N–H and O–H groups in total. The van der Waals surface area contributed by atoms with Crippen molar-refractivity contribution in [3.8, 4) is 11.1 Å². The summed E-state index contributed by atoms with van der Waals surface area (Å²) >= 11 is 1.10. The van der Waals surface area contributed by atoms with Gasteiger partial charge in [0.05, 0.1) is 0 Å². The monoisotopic (exact) mass is 491 g/mol. The Labute approximate surface area is 206 Å². The Morgan fingerprint density at radius 2 is 1.80 bits per heavy atom. The SMILES string of the molecule is CCC1(C(=O)O)CCCN1C(=O)c1csc(NC(=O)OCC2c3ccccc3-c3ccccc32)n1. The number of rotatable bonds is 6. The Balaban J connectivity index is 1.24. The number of benzene rings is 2. The second kappa shape index (κ2) is 9.14. The van der Waals surface area contributed by atoms with Gasteiger partial charge in [0.2, 0.25) is 0 Å². The Bertz CT molecular complexity index is 1260. The van der Waals surface area contributed by atoms with Crippen LogP contribution in [0.1, 0.15) is 53.7 Å². The molecule has 5 rings (SSSR count). The van der Waals surface area contributed by atoms with E-state index < -0.39 is 23.5 Å². The van der Waals surface area contributed by atoms with Crippen molar-refractivity contribution in [2.75, 3.05) is 18.5 Å². The predicted molar refractivity (Wildman–Crippen MR) is 132 cm³/mol. The van der Waals surface area contributed by atoms with Crippen molar-refractivity contribution in [3.05, 3.63) is 70.7 Å². The highest BCUT2D eigenvalue weighted by Gasteiger charge is 2.49. The van der Waals surface area contributed by atoms with Crippen LogP contribution in [0.4, 0.5) is 9.93 Å². The van der Waals surface area contributed by atoms with E-state index in [1.165, 1.54) is 10.3 Å². The first kappa shape index (κ1) is 23.0. The molecule has 35 heavy (non-hydrogen) atoms. The standard InChI is InChI=1S/C26H25N3O5S/c1-2-26(23(31)32)12-7-13-29(26)22(30)21-15-35-24(27-21)28-25(33)34-14-20-18-10-5-3-8-16(18)17-9-4-6-11-19(17)20/h3-6,8-11,15,20H,2,7,12-14H2,1H3,(H,31,32)(H,27,28,33). The quantitative estimate of drug-likeness (QED) is 0.504. The van der Waals surface area contributed by atoms with Gasteiger partial charge in [-0.05, 0) is 41.5 Å². The second-order valence-corrected chi connectivity index (χ2v) is 9.60. The Morgan fingerprint density at radius 1 is 1.14 bits per heavy atom. The lowest BCUT2D eigenvalue weighted by molar-refractivity contribution is -0.148. The molecule has 8 nitrogen and oxygen atoms in total. The summed E-state index contributed by atoms with van der Waals surface area (Å²) in [4.78, 5) is 43.1. The molecule has 2 aromatic carbocycles. The number of ether oxygens (including phenoxy) is 1. The molecule has 1 fully saturated rings. The molecule has 1 atom stereocenters. The molecule has 0 spiro atoms. The molecular formula is C26H25N3O5S. The summed E-state index contributed by atoms with van der Waals surface area (Å²) in [5.74, 6) is -1.50. The van der Waals surface area contributed by atoms with Gasteiger partial charge in [-0.2, -0.15) is 0 Å². The van der Waals surface area contributed by atoms with Crippen LogP contribution in [0.25, 0.3) is 11.1 Å².